The zero-order valence-electron chi connectivity index (χ0n) is 4.93. The number of rotatable bonds is 0. The van der Waals surface area contributed by atoms with Crippen molar-refractivity contribution in [1.82, 2.24) is 21.3 Å². The lowest BCUT2D eigenvalue weighted by atomic mass is 10.8. The van der Waals surface area contributed by atoms with E-state index >= 15 is 0 Å². The van der Waals surface area contributed by atoms with Crippen LogP contribution < -0.4 is 16.3 Å². The molecule has 0 spiro atoms. The van der Waals surface area contributed by atoms with E-state index in [9.17, 15) is 4.79 Å². The Morgan fingerprint density at radius 1 is 1.89 bits per heavy atom. The highest BCUT2D eigenvalue weighted by Gasteiger charge is 2.09. The number of urea groups is 1. The van der Waals surface area contributed by atoms with Gasteiger partial charge in [0.25, 0.3) is 0 Å². The predicted molar refractivity (Wildman–Crippen MR) is 30.4 cm³/mol. The van der Waals surface area contributed by atoms with Crippen LogP contribution in [0.15, 0.2) is 6.20 Å². The molecule has 0 bridgehead atoms. The first-order valence-corrected chi connectivity index (χ1v) is 2.45. The van der Waals surface area contributed by atoms with Gasteiger partial charge in [0.1, 0.15) is 0 Å². The normalized spacial score (nSPS) is 15.4. The van der Waals surface area contributed by atoms with Crippen molar-refractivity contribution in [3.05, 3.63) is 12.4 Å². The molecule has 0 fully saturated rings. The maximum atomic E-state index is 10.7. The molecule has 0 aromatic heterocycles. The molecule has 2 amide bonds. The fraction of sp³-hybridized carbons (Fsp3) is 0.250. The summed E-state index contributed by atoms with van der Waals surface area (Å²) in [4.78, 5) is 10.7. The molecule has 5 nitrogen and oxygen atoms in total. The van der Waals surface area contributed by atoms with Crippen molar-refractivity contribution in [2.24, 2.45) is 0 Å². The zero-order valence-corrected chi connectivity index (χ0v) is 4.93. The summed E-state index contributed by atoms with van der Waals surface area (Å²) in [5.74, 6) is 0. The van der Waals surface area contributed by atoms with Crippen molar-refractivity contribution < 1.29 is 4.79 Å². The van der Waals surface area contributed by atoms with Gasteiger partial charge in [0.05, 0.1) is 12.4 Å². The molecule has 1 rings (SSSR count). The third-order valence-corrected chi connectivity index (χ3v) is 0.875. The summed E-state index contributed by atoms with van der Waals surface area (Å²) in [5.41, 5.74) is 5.01. The second kappa shape index (κ2) is 2.36. The molecule has 3 N–H and O–H groups in total. The molecule has 1 heterocycles. The number of carbonyl (C=O) groups is 1. The van der Waals surface area contributed by atoms with Gasteiger partial charge in [0, 0.05) is 7.05 Å². The van der Waals surface area contributed by atoms with Gasteiger partial charge in [-0.3, -0.25) is 5.43 Å². The molecule has 0 aliphatic carbocycles. The van der Waals surface area contributed by atoms with Crippen LogP contribution in [-0.2, 0) is 0 Å². The fourth-order valence-corrected chi connectivity index (χ4v) is 0.451. The van der Waals surface area contributed by atoms with Gasteiger partial charge in [-0.1, -0.05) is 0 Å². The van der Waals surface area contributed by atoms with E-state index in [1.165, 1.54) is 11.2 Å². The number of hydrazine groups is 2. The van der Waals surface area contributed by atoms with Crippen molar-refractivity contribution >= 4 is 6.03 Å². The minimum atomic E-state index is -0.229. The van der Waals surface area contributed by atoms with Crippen LogP contribution in [0.5, 0.6) is 0 Å². The van der Waals surface area contributed by atoms with Crippen molar-refractivity contribution in [1.29, 1.82) is 0 Å². The van der Waals surface area contributed by atoms with Crippen LogP contribution in [0.1, 0.15) is 0 Å². The predicted octanol–water partition coefficient (Wildman–Crippen LogP) is -1.08. The van der Waals surface area contributed by atoms with Crippen molar-refractivity contribution in [3.8, 4) is 0 Å². The van der Waals surface area contributed by atoms with Gasteiger partial charge in [-0.05, 0) is 0 Å². The highest BCUT2D eigenvalue weighted by Crippen LogP contribution is 1.86. The maximum Gasteiger partial charge on any atom is 0.337 e. The summed E-state index contributed by atoms with van der Waals surface area (Å²) in [5, 5.41) is 3.66. The molecule has 0 saturated heterocycles. The standard InChI is InChI=1S/C4H7N4O/c1-5-4(9)8-3-2-6-7-8/h3,6-7H,1H3,(H,5,9). The number of hydrogen-bond acceptors (Lipinski definition) is 3. The van der Waals surface area contributed by atoms with E-state index in [2.05, 4.69) is 22.5 Å². The highest BCUT2D eigenvalue weighted by atomic mass is 16.2. The van der Waals surface area contributed by atoms with E-state index in [0.29, 0.717) is 0 Å². The van der Waals surface area contributed by atoms with Crippen LogP contribution in [0, 0.1) is 6.20 Å². The van der Waals surface area contributed by atoms with Crippen molar-refractivity contribution in [2.75, 3.05) is 7.05 Å². The van der Waals surface area contributed by atoms with Gasteiger partial charge in [-0.15, -0.1) is 5.53 Å². The Labute approximate surface area is 52.6 Å². The second-order valence-corrected chi connectivity index (χ2v) is 1.44. The Morgan fingerprint density at radius 2 is 2.67 bits per heavy atom. The summed E-state index contributed by atoms with van der Waals surface area (Å²) < 4.78 is 0. The first kappa shape index (κ1) is 5.90. The average molecular weight is 127 g/mol. The second-order valence-electron chi connectivity index (χ2n) is 1.44. The molecule has 0 aromatic rings. The molecule has 1 radical (unpaired) electrons. The van der Waals surface area contributed by atoms with Gasteiger partial charge >= 0.3 is 6.03 Å². The number of nitrogens with one attached hydrogen (secondary N) is 3. The van der Waals surface area contributed by atoms with Gasteiger partial charge in [0.2, 0.25) is 0 Å². The molecule has 0 atom stereocenters. The summed E-state index contributed by atoms with van der Waals surface area (Å²) in [6, 6.07) is -0.229. The molecule has 9 heavy (non-hydrogen) atoms. The van der Waals surface area contributed by atoms with E-state index in [1.807, 2.05) is 0 Å². The number of nitrogens with zero attached hydrogens (tertiary/aromatic N) is 1. The molecule has 0 saturated carbocycles. The zero-order chi connectivity index (χ0) is 6.69. The quantitative estimate of drug-likeness (QED) is 0.388. The SMILES string of the molecule is CNC(=O)N1C=[C]NN1. The largest absolute Gasteiger partial charge is 0.340 e. The molecular formula is C4H7N4O. The van der Waals surface area contributed by atoms with E-state index < -0.39 is 0 Å². The Bertz CT molecular complexity index is 144. The van der Waals surface area contributed by atoms with E-state index in [0.717, 1.165) is 0 Å². The first-order valence-electron chi connectivity index (χ1n) is 2.45. The van der Waals surface area contributed by atoms with Gasteiger partial charge in [-0.2, -0.15) is 0 Å². The minimum Gasteiger partial charge on any atom is -0.340 e. The van der Waals surface area contributed by atoms with E-state index in [1.54, 1.807) is 7.05 Å². The molecule has 0 unspecified atom stereocenters. The Kier molecular flexibility index (Phi) is 1.55. The minimum absolute atomic E-state index is 0.229. The third kappa shape index (κ3) is 1.11. The molecule has 1 aliphatic heterocycles. The number of amides is 2. The lowest BCUT2D eigenvalue weighted by molar-refractivity contribution is 0.200. The lowest BCUT2D eigenvalue weighted by Gasteiger charge is -2.10. The molecule has 0 aromatic carbocycles. The molecule has 1 aliphatic rings. The summed E-state index contributed by atoms with van der Waals surface area (Å²) in [6.45, 7) is 0. The Hall–Kier alpha value is -1.23. The Morgan fingerprint density at radius 3 is 3.11 bits per heavy atom. The topological polar surface area (TPSA) is 56.4 Å². The number of hydrogen-bond donors (Lipinski definition) is 3. The molecular weight excluding hydrogens is 120 g/mol. The van der Waals surface area contributed by atoms with E-state index in [-0.39, 0.29) is 6.03 Å². The molecule has 5 heteroatoms. The summed E-state index contributed by atoms with van der Waals surface area (Å²) in [7, 11) is 1.55. The van der Waals surface area contributed by atoms with E-state index in [4.69, 9.17) is 0 Å². The van der Waals surface area contributed by atoms with Crippen LogP contribution in [0.25, 0.3) is 0 Å². The van der Waals surface area contributed by atoms with Gasteiger partial charge in [-0.25, -0.2) is 9.80 Å². The summed E-state index contributed by atoms with van der Waals surface area (Å²) >= 11 is 0. The fourth-order valence-electron chi connectivity index (χ4n) is 0.451. The molecule has 49 valence electrons. The lowest BCUT2D eigenvalue weighted by Crippen LogP contribution is -2.44. The number of carbonyl (C=O) groups excluding carboxylic acids is 1. The van der Waals surface area contributed by atoms with Crippen molar-refractivity contribution in [3.63, 3.8) is 0 Å². The Balaban J connectivity index is 2.43. The third-order valence-electron chi connectivity index (χ3n) is 0.875. The highest BCUT2D eigenvalue weighted by molar-refractivity contribution is 5.74. The van der Waals surface area contributed by atoms with Crippen LogP contribution in [0.4, 0.5) is 4.79 Å². The van der Waals surface area contributed by atoms with Crippen LogP contribution >= 0.6 is 0 Å². The van der Waals surface area contributed by atoms with Gasteiger partial charge < -0.3 is 5.32 Å². The van der Waals surface area contributed by atoms with Crippen LogP contribution in [-0.4, -0.2) is 18.1 Å². The van der Waals surface area contributed by atoms with Crippen LogP contribution in [0.2, 0.25) is 0 Å². The summed E-state index contributed by atoms with van der Waals surface area (Å²) in [6.07, 6.45) is 4.02. The maximum absolute atomic E-state index is 10.7. The average Bonchev–Trinajstić information content (AvgIpc) is 2.37. The van der Waals surface area contributed by atoms with Gasteiger partial charge in [0.15, 0.2) is 0 Å². The first-order chi connectivity index (χ1) is 4.34. The smallest absolute Gasteiger partial charge is 0.337 e. The monoisotopic (exact) mass is 127 g/mol. The van der Waals surface area contributed by atoms with Crippen LogP contribution in [0.3, 0.4) is 0 Å². The van der Waals surface area contributed by atoms with Crippen molar-refractivity contribution in [2.45, 2.75) is 0 Å².